The van der Waals surface area contributed by atoms with Gasteiger partial charge in [-0.3, -0.25) is 9.59 Å². The van der Waals surface area contributed by atoms with E-state index in [-0.39, 0.29) is 17.9 Å². The zero-order valence-corrected chi connectivity index (χ0v) is 21.6. The van der Waals surface area contributed by atoms with Crippen LogP contribution in [0.3, 0.4) is 0 Å². The van der Waals surface area contributed by atoms with Crippen LogP contribution >= 0.6 is 15.9 Å². The minimum absolute atomic E-state index is 0.0970. The van der Waals surface area contributed by atoms with Gasteiger partial charge in [0.25, 0.3) is 11.7 Å². The number of rotatable bonds is 7. The smallest absolute Gasteiger partial charge is 0.295 e. The number of amides is 1. The van der Waals surface area contributed by atoms with E-state index in [1.807, 2.05) is 55.5 Å². The van der Waals surface area contributed by atoms with Crippen molar-refractivity contribution in [2.75, 3.05) is 6.61 Å². The summed E-state index contributed by atoms with van der Waals surface area (Å²) in [5, 5.41) is 11.2. The molecule has 1 unspecified atom stereocenters. The first kappa shape index (κ1) is 24.7. The Morgan fingerprint density at radius 3 is 2.34 bits per heavy atom. The molecule has 180 valence electrons. The maximum absolute atomic E-state index is 13.2. The van der Waals surface area contributed by atoms with Crippen LogP contribution in [-0.4, -0.2) is 28.3 Å². The highest BCUT2D eigenvalue weighted by atomic mass is 79.9. The van der Waals surface area contributed by atoms with E-state index in [1.165, 1.54) is 4.90 Å². The van der Waals surface area contributed by atoms with Gasteiger partial charge in [0.05, 0.1) is 18.2 Å². The molecule has 0 aliphatic carbocycles. The van der Waals surface area contributed by atoms with Gasteiger partial charge < -0.3 is 14.7 Å². The number of aryl methyl sites for hydroxylation is 1. The van der Waals surface area contributed by atoms with Gasteiger partial charge in [-0.2, -0.15) is 0 Å². The Bertz CT molecular complexity index is 1260. The number of Topliss-reactive ketones (excluding diaryl/α,β-unsaturated/α-hetero) is 1. The van der Waals surface area contributed by atoms with Gasteiger partial charge in [0.15, 0.2) is 0 Å². The topological polar surface area (TPSA) is 66.8 Å². The van der Waals surface area contributed by atoms with Gasteiger partial charge in [0.1, 0.15) is 11.5 Å². The Hall–Kier alpha value is -3.38. The first-order valence-electron chi connectivity index (χ1n) is 11.6. The number of carbonyl (C=O) groups excluding carboxylic acids is 2. The normalized spacial score (nSPS) is 17.3. The molecule has 1 aliphatic heterocycles. The second kappa shape index (κ2) is 10.5. The van der Waals surface area contributed by atoms with E-state index >= 15 is 0 Å². The highest BCUT2D eigenvalue weighted by molar-refractivity contribution is 9.10. The monoisotopic (exact) mass is 533 g/mol. The maximum atomic E-state index is 13.2. The predicted octanol–water partition coefficient (Wildman–Crippen LogP) is 6.41. The van der Waals surface area contributed by atoms with Crippen LogP contribution in [0.4, 0.5) is 0 Å². The fourth-order valence-electron chi connectivity index (χ4n) is 4.14. The minimum atomic E-state index is -0.699. The molecule has 4 rings (SSSR count). The summed E-state index contributed by atoms with van der Waals surface area (Å²) in [6.07, 6.45) is 0. The van der Waals surface area contributed by atoms with E-state index in [1.54, 1.807) is 24.3 Å². The van der Waals surface area contributed by atoms with Crippen molar-refractivity contribution in [3.05, 3.63) is 105 Å². The Balaban J connectivity index is 1.73. The van der Waals surface area contributed by atoms with Gasteiger partial charge in [0, 0.05) is 16.6 Å². The minimum Gasteiger partial charge on any atom is -0.507 e. The van der Waals surface area contributed by atoms with Crippen LogP contribution in [0.5, 0.6) is 5.75 Å². The summed E-state index contributed by atoms with van der Waals surface area (Å²) in [5.74, 6) is -0.317. The van der Waals surface area contributed by atoms with Crippen molar-refractivity contribution in [3.63, 3.8) is 0 Å². The summed E-state index contributed by atoms with van der Waals surface area (Å²) in [6, 6.07) is 21.5. The molecule has 0 radical (unpaired) electrons. The highest BCUT2D eigenvalue weighted by Crippen LogP contribution is 2.40. The first-order valence-corrected chi connectivity index (χ1v) is 12.4. The third-order valence-electron chi connectivity index (χ3n) is 5.88. The summed E-state index contributed by atoms with van der Waals surface area (Å²) in [6.45, 7) is 6.98. The molecule has 1 N–H and O–H groups in total. The Morgan fingerprint density at radius 1 is 1.03 bits per heavy atom. The van der Waals surface area contributed by atoms with Gasteiger partial charge in [-0.05, 0) is 48.2 Å². The van der Waals surface area contributed by atoms with Gasteiger partial charge in [-0.1, -0.05) is 83.9 Å². The van der Waals surface area contributed by atoms with E-state index in [0.717, 1.165) is 26.9 Å². The van der Waals surface area contributed by atoms with Gasteiger partial charge in [-0.15, -0.1) is 0 Å². The fourth-order valence-corrected chi connectivity index (χ4v) is 4.41. The van der Waals surface area contributed by atoms with Crippen molar-refractivity contribution in [2.45, 2.75) is 33.4 Å². The summed E-state index contributed by atoms with van der Waals surface area (Å²) in [5.41, 5.74) is 3.23. The predicted molar refractivity (Wildman–Crippen MR) is 140 cm³/mol. The van der Waals surface area contributed by atoms with Crippen molar-refractivity contribution in [2.24, 2.45) is 5.92 Å². The molecule has 0 saturated carbocycles. The number of hydrogen-bond acceptors (Lipinski definition) is 4. The quantitative estimate of drug-likeness (QED) is 0.216. The van der Waals surface area contributed by atoms with Crippen molar-refractivity contribution >= 4 is 33.4 Å². The molecule has 5 nitrogen and oxygen atoms in total. The van der Waals surface area contributed by atoms with Crippen LogP contribution in [0.15, 0.2) is 82.8 Å². The van der Waals surface area contributed by atoms with Gasteiger partial charge in [0.2, 0.25) is 0 Å². The van der Waals surface area contributed by atoms with Crippen LogP contribution in [0, 0.1) is 12.8 Å². The van der Waals surface area contributed by atoms with E-state index in [0.29, 0.717) is 18.1 Å². The average Bonchev–Trinajstić information content (AvgIpc) is 3.08. The van der Waals surface area contributed by atoms with E-state index < -0.39 is 17.7 Å². The molecular formula is C29H28BrNO4. The lowest BCUT2D eigenvalue weighted by molar-refractivity contribution is -0.140. The number of benzene rings is 3. The third-order valence-corrected chi connectivity index (χ3v) is 6.40. The first-order chi connectivity index (χ1) is 16.7. The lowest BCUT2D eigenvalue weighted by atomic mass is 9.94. The summed E-state index contributed by atoms with van der Waals surface area (Å²) >= 11 is 3.39. The molecule has 1 aliphatic rings. The SMILES string of the molecule is Cc1cccc(C2/C(=C(/O)c3ccc(Br)cc3)C(=O)C(=O)N2Cc2ccc(OCC(C)C)cc2)c1. The van der Waals surface area contributed by atoms with E-state index in [2.05, 4.69) is 29.8 Å². The number of halogens is 1. The molecule has 1 fully saturated rings. The molecule has 1 amide bonds. The second-order valence-corrected chi connectivity index (χ2v) is 10.1. The largest absolute Gasteiger partial charge is 0.507 e. The number of hydrogen-bond donors (Lipinski definition) is 1. The summed E-state index contributed by atoms with van der Waals surface area (Å²) < 4.78 is 6.61. The molecule has 1 atom stereocenters. The Labute approximate surface area is 214 Å². The Kier molecular flexibility index (Phi) is 7.41. The second-order valence-electron chi connectivity index (χ2n) is 9.20. The van der Waals surface area contributed by atoms with Crippen molar-refractivity contribution in [3.8, 4) is 5.75 Å². The van der Waals surface area contributed by atoms with E-state index in [4.69, 9.17) is 4.74 Å². The van der Waals surface area contributed by atoms with E-state index in [9.17, 15) is 14.7 Å². The Morgan fingerprint density at radius 2 is 1.71 bits per heavy atom. The number of likely N-dealkylation sites (tertiary alicyclic amines) is 1. The number of ether oxygens (including phenoxy) is 1. The molecule has 3 aromatic rings. The molecule has 0 spiro atoms. The van der Waals surface area contributed by atoms with Crippen molar-refractivity contribution < 1.29 is 19.4 Å². The van der Waals surface area contributed by atoms with Gasteiger partial charge in [-0.25, -0.2) is 0 Å². The van der Waals surface area contributed by atoms with Crippen LogP contribution in [-0.2, 0) is 16.1 Å². The van der Waals surface area contributed by atoms with Crippen molar-refractivity contribution in [1.29, 1.82) is 0 Å². The standard InChI is InChI=1S/C29H28BrNO4/c1-18(2)17-35-24-13-7-20(8-14-24)16-31-26(22-6-4-5-19(3)15-22)25(28(33)29(31)34)27(32)21-9-11-23(30)12-10-21/h4-15,18,26,32H,16-17H2,1-3H3/b27-25-. The maximum Gasteiger partial charge on any atom is 0.295 e. The summed E-state index contributed by atoms with van der Waals surface area (Å²) in [7, 11) is 0. The molecule has 1 saturated heterocycles. The number of carbonyl (C=O) groups is 2. The molecule has 3 aromatic carbocycles. The molecule has 6 heteroatoms. The molecule has 35 heavy (non-hydrogen) atoms. The average molecular weight is 534 g/mol. The fraction of sp³-hybridized carbons (Fsp3) is 0.241. The lowest BCUT2D eigenvalue weighted by Crippen LogP contribution is -2.29. The van der Waals surface area contributed by atoms with Crippen LogP contribution in [0.1, 0.15) is 42.1 Å². The van der Waals surface area contributed by atoms with Gasteiger partial charge >= 0.3 is 0 Å². The number of aliphatic hydroxyl groups excluding tert-OH is 1. The number of nitrogens with zero attached hydrogens (tertiary/aromatic N) is 1. The lowest BCUT2D eigenvalue weighted by Gasteiger charge is -2.26. The van der Waals surface area contributed by atoms with Crippen LogP contribution in [0.2, 0.25) is 0 Å². The molecular weight excluding hydrogens is 506 g/mol. The van der Waals surface area contributed by atoms with Crippen LogP contribution in [0.25, 0.3) is 5.76 Å². The molecule has 1 heterocycles. The number of ketones is 1. The summed E-state index contributed by atoms with van der Waals surface area (Å²) in [4.78, 5) is 28.0. The number of aliphatic hydroxyl groups is 1. The molecule has 0 aromatic heterocycles. The third kappa shape index (κ3) is 5.49. The highest BCUT2D eigenvalue weighted by Gasteiger charge is 2.46. The zero-order chi connectivity index (χ0) is 25.1. The molecule has 0 bridgehead atoms. The van der Waals surface area contributed by atoms with Crippen molar-refractivity contribution in [1.82, 2.24) is 4.90 Å². The zero-order valence-electron chi connectivity index (χ0n) is 20.0. The van der Waals surface area contributed by atoms with Crippen LogP contribution < -0.4 is 4.74 Å².